The van der Waals surface area contributed by atoms with Gasteiger partial charge in [0.25, 0.3) is 11.8 Å². The number of aryl methyl sites for hydroxylation is 1. The van der Waals surface area contributed by atoms with Gasteiger partial charge in [-0.3, -0.25) is 9.78 Å². The van der Waals surface area contributed by atoms with Crippen LogP contribution in [0.25, 0.3) is 10.6 Å². The average Bonchev–Trinajstić information content (AvgIpc) is 3.19. The molecule has 12 heteroatoms. The van der Waals surface area contributed by atoms with Crippen molar-refractivity contribution < 1.29 is 26.7 Å². The number of nitrogens with one attached hydrogen (secondary N) is 1. The van der Waals surface area contributed by atoms with E-state index in [1.807, 2.05) is 6.92 Å². The number of anilines is 1. The van der Waals surface area contributed by atoms with Gasteiger partial charge in [-0.15, -0.1) is 11.3 Å². The number of rotatable bonds is 5. The maximum Gasteiger partial charge on any atom is 0.419 e. The van der Waals surface area contributed by atoms with Crippen molar-refractivity contribution in [1.82, 2.24) is 19.9 Å². The minimum atomic E-state index is -4.57. The Kier molecular flexibility index (Phi) is 6.76. The molecule has 1 amide bonds. The van der Waals surface area contributed by atoms with E-state index in [2.05, 4.69) is 20.3 Å². The van der Waals surface area contributed by atoms with Crippen LogP contribution in [0.15, 0.2) is 42.9 Å². The Morgan fingerprint density at radius 3 is 2.57 bits per heavy atom. The van der Waals surface area contributed by atoms with E-state index in [9.17, 15) is 26.7 Å². The van der Waals surface area contributed by atoms with Crippen molar-refractivity contribution in [2.24, 2.45) is 5.92 Å². The molecule has 3 aromatic heterocycles. The molecule has 0 saturated carbocycles. The van der Waals surface area contributed by atoms with Crippen LogP contribution in [0.1, 0.15) is 34.1 Å². The van der Waals surface area contributed by atoms with E-state index in [0.29, 0.717) is 23.0 Å². The average molecular weight is 512 g/mol. The molecule has 3 aromatic rings. The predicted octanol–water partition coefficient (Wildman–Crippen LogP) is 5.53. The third-order valence-corrected chi connectivity index (χ3v) is 6.85. The number of nitrogens with zero attached hydrogens (tertiary/aromatic N) is 4. The Labute approximate surface area is 202 Å². The van der Waals surface area contributed by atoms with Gasteiger partial charge in [0.2, 0.25) is 5.95 Å². The molecule has 1 saturated heterocycles. The summed E-state index contributed by atoms with van der Waals surface area (Å²) in [5, 5.41) is 2.80. The van der Waals surface area contributed by atoms with E-state index in [-0.39, 0.29) is 18.1 Å². The fourth-order valence-corrected chi connectivity index (χ4v) is 5.14. The Morgan fingerprint density at radius 1 is 1.23 bits per heavy atom. The lowest BCUT2D eigenvalue weighted by Crippen LogP contribution is -2.57. The molecule has 0 unspecified atom stereocenters. The molecule has 0 aromatic carbocycles. The molecule has 0 aliphatic carbocycles. The molecule has 4 heterocycles. The van der Waals surface area contributed by atoms with Crippen LogP contribution >= 0.6 is 11.3 Å². The number of amides is 1. The summed E-state index contributed by atoms with van der Waals surface area (Å²) in [4.78, 5) is 27.8. The second kappa shape index (κ2) is 9.48. The SMILES string of the molecule is Cc1cc(C(=O)N2CC(F)(F)C[C@@H](C)[C@H]2CNc2ncc(C(F)(F)F)cn2)c(-c2ccccn2)s1. The number of aromatic nitrogens is 3. The fourth-order valence-electron chi connectivity index (χ4n) is 4.16. The summed E-state index contributed by atoms with van der Waals surface area (Å²) in [5.41, 5.74) is -0.147. The van der Waals surface area contributed by atoms with E-state index in [1.54, 1.807) is 37.4 Å². The van der Waals surface area contributed by atoms with E-state index in [1.165, 1.54) is 11.3 Å². The Morgan fingerprint density at radius 2 is 1.94 bits per heavy atom. The first-order valence-corrected chi connectivity index (χ1v) is 11.6. The zero-order chi connectivity index (χ0) is 25.4. The van der Waals surface area contributed by atoms with Crippen LogP contribution in [0.5, 0.6) is 0 Å². The highest BCUT2D eigenvalue weighted by molar-refractivity contribution is 7.15. The molecule has 0 radical (unpaired) electrons. The molecular formula is C23H22F5N5OS. The molecule has 6 nitrogen and oxygen atoms in total. The van der Waals surface area contributed by atoms with Gasteiger partial charge in [-0.2, -0.15) is 13.2 Å². The number of alkyl halides is 5. The van der Waals surface area contributed by atoms with Gasteiger partial charge in [-0.05, 0) is 31.0 Å². The number of carbonyl (C=O) groups excluding carboxylic acids is 1. The first kappa shape index (κ1) is 25.0. The Balaban J connectivity index is 1.60. The maximum atomic E-state index is 14.5. The number of hydrogen-bond acceptors (Lipinski definition) is 6. The van der Waals surface area contributed by atoms with E-state index < -0.39 is 48.5 Å². The third-order valence-electron chi connectivity index (χ3n) is 5.77. The first-order valence-electron chi connectivity index (χ1n) is 10.8. The summed E-state index contributed by atoms with van der Waals surface area (Å²) in [7, 11) is 0. The van der Waals surface area contributed by atoms with E-state index >= 15 is 0 Å². The van der Waals surface area contributed by atoms with Crippen LogP contribution in [0.3, 0.4) is 0 Å². The second-order valence-corrected chi connectivity index (χ2v) is 9.78. The van der Waals surface area contributed by atoms with Crippen LogP contribution in [0.4, 0.5) is 27.9 Å². The Hall–Kier alpha value is -3.15. The van der Waals surface area contributed by atoms with Crippen molar-refractivity contribution >= 4 is 23.2 Å². The van der Waals surface area contributed by atoms with Gasteiger partial charge in [0.15, 0.2) is 0 Å². The summed E-state index contributed by atoms with van der Waals surface area (Å²) in [6.07, 6.45) is -2.12. The molecule has 186 valence electrons. The van der Waals surface area contributed by atoms with Crippen molar-refractivity contribution in [3.05, 3.63) is 58.9 Å². The molecule has 1 fully saturated rings. The standard InChI is InChI=1S/C23H22F5N5OS/c1-13-8-22(24,25)12-33(18(13)11-32-21-30-9-15(10-31-21)23(26,27)28)20(34)16-7-14(2)35-19(16)17-5-3-4-6-29-17/h3-7,9-10,13,18H,8,11-12H2,1-2H3,(H,30,31,32)/t13-,18-/m1/s1. The normalized spacial score (nSPS) is 20.0. The lowest BCUT2D eigenvalue weighted by molar-refractivity contribution is -0.138. The number of piperidine rings is 1. The monoisotopic (exact) mass is 511 g/mol. The molecule has 4 rings (SSSR count). The number of pyridine rings is 1. The van der Waals surface area contributed by atoms with Crippen molar-refractivity contribution in [1.29, 1.82) is 0 Å². The number of halogens is 5. The molecule has 35 heavy (non-hydrogen) atoms. The first-order chi connectivity index (χ1) is 16.4. The van der Waals surface area contributed by atoms with Crippen molar-refractivity contribution in [3.63, 3.8) is 0 Å². The molecule has 1 N–H and O–H groups in total. The zero-order valence-electron chi connectivity index (χ0n) is 18.8. The quantitative estimate of drug-likeness (QED) is 0.457. The summed E-state index contributed by atoms with van der Waals surface area (Å²) in [6, 6.07) is 6.27. The van der Waals surface area contributed by atoms with Crippen molar-refractivity contribution in [2.75, 3.05) is 18.4 Å². The summed E-state index contributed by atoms with van der Waals surface area (Å²) < 4.78 is 67.4. The number of hydrogen-bond donors (Lipinski definition) is 1. The minimum Gasteiger partial charge on any atom is -0.352 e. The second-order valence-electron chi connectivity index (χ2n) is 8.53. The number of thiophene rings is 1. The number of carbonyl (C=O) groups is 1. The summed E-state index contributed by atoms with van der Waals surface area (Å²) >= 11 is 1.35. The van der Waals surface area contributed by atoms with Gasteiger partial charge in [0, 0.05) is 36.4 Å². The Bertz CT molecular complexity index is 1180. The highest BCUT2D eigenvalue weighted by Crippen LogP contribution is 2.38. The van der Waals surface area contributed by atoms with Gasteiger partial charge in [0.1, 0.15) is 0 Å². The van der Waals surface area contributed by atoms with Crippen LogP contribution in [-0.4, -0.2) is 50.8 Å². The third kappa shape index (κ3) is 5.58. The zero-order valence-corrected chi connectivity index (χ0v) is 19.6. The van der Waals surface area contributed by atoms with Crippen LogP contribution < -0.4 is 5.32 Å². The number of likely N-dealkylation sites (tertiary alicyclic amines) is 1. The van der Waals surface area contributed by atoms with Crippen LogP contribution in [0, 0.1) is 12.8 Å². The summed E-state index contributed by atoms with van der Waals surface area (Å²) in [5.74, 6) is -4.31. The van der Waals surface area contributed by atoms with Gasteiger partial charge in [-0.25, -0.2) is 18.7 Å². The van der Waals surface area contributed by atoms with Crippen molar-refractivity contribution in [3.8, 4) is 10.6 Å². The smallest absolute Gasteiger partial charge is 0.352 e. The van der Waals surface area contributed by atoms with Gasteiger partial charge in [0.05, 0.1) is 34.3 Å². The van der Waals surface area contributed by atoms with E-state index in [0.717, 1.165) is 9.78 Å². The molecule has 0 spiro atoms. The molecule has 1 aliphatic rings. The lowest BCUT2D eigenvalue weighted by Gasteiger charge is -2.43. The topological polar surface area (TPSA) is 71.0 Å². The van der Waals surface area contributed by atoms with Crippen molar-refractivity contribution in [2.45, 2.75) is 38.4 Å². The predicted molar refractivity (Wildman–Crippen MR) is 121 cm³/mol. The van der Waals surface area contributed by atoms with Crippen LogP contribution in [0.2, 0.25) is 0 Å². The molecular weight excluding hydrogens is 489 g/mol. The largest absolute Gasteiger partial charge is 0.419 e. The highest BCUT2D eigenvalue weighted by Gasteiger charge is 2.46. The molecule has 1 aliphatic heterocycles. The van der Waals surface area contributed by atoms with E-state index in [4.69, 9.17) is 0 Å². The van der Waals surface area contributed by atoms with Gasteiger partial charge in [-0.1, -0.05) is 13.0 Å². The van der Waals surface area contributed by atoms with Crippen LogP contribution in [-0.2, 0) is 6.18 Å². The van der Waals surface area contributed by atoms with Gasteiger partial charge < -0.3 is 10.2 Å². The molecule has 0 bridgehead atoms. The molecule has 2 atom stereocenters. The minimum absolute atomic E-state index is 0.00358. The highest BCUT2D eigenvalue weighted by atomic mass is 32.1. The lowest BCUT2D eigenvalue weighted by atomic mass is 9.88. The maximum absolute atomic E-state index is 14.5. The van der Waals surface area contributed by atoms with Gasteiger partial charge >= 0.3 is 6.18 Å². The fraction of sp³-hybridized carbons (Fsp3) is 0.391. The summed E-state index contributed by atoms with van der Waals surface area (Å²) in [6.45, 7) is 2.66.